The second kappa shape index (κ2) is 8.04. The van der Waals surface area contributed by atoms with E-state index in [2.05, 4.69) is 31.0 Å². The summed E-state index contributed by atoms with van der Waals surface area (Å²) in [7, 11) is 0. The second-order valence-electron chi connectivity index (χ2n) is 8.06. The summed E-state index contributed by atoms with van der Waals surface area (Å²) in [5, 5.41) is 17.6. The van der Waals surface area contributed by atoms with E-state index in [0.717, 1.165) is 51.5 Å². The standard InChI is InChI=1S/C20H29N5O2/c1-16-22-23-19(27-16)18-12-20(15-25(18)8-3-11-26)5-9-24(10-6-20)14-17-4-2-7-21-13-17/h2,4,7,13,18,26H,3,5-6,8-12,14-15H2,1H3. The number of pyridine rings is 1. The van der Waals surface area contributed by atoms with Gasteiger partial charge >= 0.3 is 0 Å². The molecule has 7 nitrogen and oxygen atoms in total. The van der Waals surface area contributed by atoms with E-state index in [1.807, 2.05) is 25.4 Å². The summed E-state index contributed by atoms with van der Waals surface area (Å²) in [5.41, 5.74) is 1.59. The lowest BCUT2D eigenvalue weighted by Gasteiger charge is -2.39. The van der Waals surface area contributed by atoms with Gasteiger partial charge in [-0.3, -0.25) is 14.8 Å². The molecule has 1 unspecified atom stereocenters. The zero-order valence-electron chi connectivity index (χ0n) is 16.0. The maximum Gasteiger partial charge on any atom is 0.233 e. The first kappa shape index (κ1) is 18.5. The molecule has 2 fully saturated rings. The molecule has 7 heteroatoms. The van der Waals surface area contributed by atoms with Gasteiger partial charge in [-0.15, -0.1) is 10.2 Å². The molecular formula is C20H29N5O2. The van der Waals surface area contributed by atoms with Gasteiger partial charge in [-0.05, 0) is 55.8 Å². The average Bonchev–Trinajstić information content (AvgIpc) is 3.27. The third-order valence-corrected chi connectivity index (χ3v) is 6.08. The Kier molecular flexibility index (Phi) is 5.52. The Balaban J connectivity index is 1.41. The molecule has 0 bridgehead atoms. The van der Waals surface area contributed by atoms with Crippen LogP contribution in [0.15, 0.2) is 28.9 Å². The molecule has 2 aliphatic rings. The summed E-state index contributed by atoms with van der Waals surface area (Å²) < 4.78 is 5.77. The van der Waals surface area contributed by atoms with Gasteiger partial charge in [0.2, 0.25) is 11.8 Å². The number of hydrogen-bond acceptors (Lipinski definition) is 7. The molecule has 0 amide bonds. The number of hydrogen-bond donors (Lipinski definition) is 1. The number of likely N-dealkylation sites (tertiary alicyclic amines) is 2. The summed E-state index contributed by atoms with van der Waals surface area (Å²) >= 11 is 0. The lowest BCUT2D eigenvalue weighted by atomic mass is 9.76. The van der Waals surface area contributed by atoms with Gasteiger partial charge in [0.25, 0.3) is 0 Å². The van der Waals surface area contributed by atoms with Crippen LogP contribution in [0.4, 0.5) is 0 Å². The van der Waals surface area contributed by atoms with Crippen LogP contribution in [0.2, 0.25) is 0 Å². The van der Waals surface area contributed by atoms with Gasteiger partial charge in [-0.1, -0.05) is 6.07 Å². The van der Waals surface area contributed by atoms with Crippen LogP contribution in [-0.4, -0.2) is 62.9 Å². The Bertz CT molecular complexity index is 727. The van der Waals surface area contributed by atoms with Crippen molar-refractivity contribution in [3.8, 4) is 0 Å². The fourth-order valence-electron chi connectivity index (χ4n) is 4.64. The van der Waals surface area contributed by atoms with Crippen molar-refractivity contribution in [2.75, 3.05) is 32.8 Å². The number of aromatic nitrogens is 3. The van der Waals surface area contributed by atoms with Gasteiger partial charge in [0.15, 0.2) is 0 Å². The summed E-state index contributed by atoms with van der Waals surface area (Å²) in [6, 6.07) is 4.34. The first-order valence-corrected chi connectivity index (χ1v) is 9.94. The first-order chi connectivity index (χ1) is 13.2. The quantitative estimate of drug-likeness (QED) is 0.834. The van der Waals surface area contributed by atoms with Crippen molar-refractivity contribution in [1.82, 2.24) is 25.0 Å². The van der Waals surface area contributed by atoms with Crippen molar-refractivity contribution in [2.24, 2.45) is 5.41 Å². The summed E-state index contributed by atoms with van der Waals surface area (Å²) in [4.78, 5) is 9.20. The van der Waals surface area contributed by atoms with Gasteiger partial charge < -0.3 is 9.52 Å². The van der Waals surface area contributed by atoms with E-state index in [-0.39, 0.29) is 12.6 Å². The molecule has 27 heavy (non-hydrogen) atoms. The number of aliphatic hydroxyl groups excluding tert-OH is 1. The molecule has 0 aliphatic carbocycles. The molecule has 2 aliphatic heterocycles. The van der Waals surface area contributed by atoms with Gasteiger partial charge in [-0.2, -0.15) is 0 Å². The maximum absolute atomic E-state index is 9.27. The number of nitrogens with zero attached hydrogens (tertiary/aromatic N) is 5. The molecule has 0 radical (unpaired) electrons. The largest absolute Gasteiger partial charge is 0.424 e. The third kappa shape index (κ3) is 4.20. The second-order valence-corrected chi connectivity index (χ2v) is 8.06. The third-order valence-electron chi connectivity index (χ3n) is 6.08. The van der Waals surface area contributed by atoms with E-state index in [4.69, 9.17) is 4.42 Å². The fourth-order valence-corrected chi connectivity index (χ4v) is 4.64. The molecule has 1 spiro atoms. The Labute approximate surface area is 160 Å². The van der Waals surface area contributed by atoms with Crippen LogP contribution in [0.1, 0.15) is 49.1 Å². The predicted octanol–water partition coefficient (Wildman–Crippen LogP) is 2.18. The van der Waals surface area contributed by atoms with Crippen molar-refractivity contribution in [2.45, 2.75) is 45.2 Å². The number of aryl methyl sites for hydroxylation is 1. The molecule has 0 saturated carbocycles. The van der Waals surface area contributed by atoms with Gasteiger partial charge in [0.1, 0.15) is 0 Å². The Morgan fingerprint density at radius 1 is 1.30 bits per heavy atom. The number of rotatable bonds is 6. The number of piperidine rings is 1. The van der Waals surface area contributed by atoms with Crippen LogP contribution >= 0.6 is 0 Å². The van der Waals surface area contributed by atoms with E-state index in [1.165, 1.54) is 18.4 Å². The molecular weight excluding hydrogens is 342 g/mol. The summed E-state index contributed by atoms with van der Waals surface area (Å²) in [6.45, 7) is 7.19. The van der Waals surface area contributed by atoms with E-state index in [9.17, 15) is 5.11 Å². The highest BCUT2D eigenvalue weighted by atomic mass is 16.4. The van der Waals surface area contributed by atoms with E-state index in [1.54, 1.807) is 0 Å². The molecule has 1 atom stereocenters. The van der Waals surface area contributed by atoms with Crippen molar-refractivity contribution in [3.63, 3.8) is 0 Å². The molecule has 4 heterocycles. The van der Waals surface area contributed by atoms with Crippen LogP contribution in [0.25, 0.3) is 0 Å². The Hall–Kier alpha value is -1.83. The molecule has 2 saturated heterocycles. The van der Waals surface area contributed by atoms with Crippen LogP contribution in [0.5, 0.6) is 0 Å². The SMILES string of the molecule is Cc1nnc(C2CC3(CCN(Cc4cccnc4)CC3)CN2CCCO)o1. The zero-order valence-corrected chi connectivity index (χ0v) is 16.0. The number of aliphatic hydroxyl groups is 1. The van der Waals surface area contributed by atoms with Crippen molar-refractivity contribution in [1.29, 1.82) is 0 Å². The van der Waals surface area contributed by atoms with Crippen LogP contribution in [-0.2, 0) is 6.54 Å². The lowest BCUT2D eigenvalue weighted by Crippen LogP contribution is -2.41. The highest BCUT2D eigenvalue weighted by molar-refractivity contribution is 5.09. The van der Waals surface area contributed by atoms with Crippen molar-refractivity contribution in [3.05, 3.63) is 41.9 Å². The lowest BCUT2D eigenvalue weighted by molar-refractivity contribution is 0.102. The summed E-state index contributed by atoms with van der Waals surface area (Å²) in [5.74, 6) is 1.36. The van der Waals surface area contributed by atoms with Gasteiger partial charge in [0.05, 0.1) is 6.04 Å². The molecule has 2 aromatic rings. The highest BCUT2D eigenvalue weighted by Gasteiger charge is 2.47. The van der Waals surface area contributed by atoms with E-state index in [0.29, 0.717) is 11.3 Å². The molecule has 2 aromatic heterocycles. The van der Waals surface area contributed by atoms with Gasteiger partial charge in [-0.25, -0.2) is 0 Å². The van der Waals surface area contributed by atoms with E-state index < -0.39 is 0 Å². The molecule has 146 valence electrons. The van der Waals surface area contributed by atoms with Gasteiger partial charge in [0, 0.05) is 45.6 Å². The average molecular weight is 371 g/mol. The topological polar surface area (TPSA) is 78.5 Å². The maximum atomic E-state index is 9.27. The van der Waals surface area contributed by atoms with Crippen molar-refractivity contribution < 1.29 is 9.52 Å². The predicted molar refractivity (Wildman–Crippen MR) is 101 cm³/mol. The van der Waals surface area contributed by atoms with Crippen LogP contribution < -0.4 is 0 Å². The minimum absolute atomic E-state index is 0.183. The van der Waals surface area contributed by atoms with E-state index >= 15 is 0 Å². The van der Waals surface area contributed by atoms with Crippen molar-refractivity contribution >= 4 is 0 Å². The zero-order chi connectivity index (χ0) is 18.7. The molecule has 4 rings (SSSR count). The first-order valence-electron chi connectivity index (χ1n) is 9.94. The smallest absolute Gasteiger partial charge is 0.233 e. The Morgan fingerprint density at radius 2 is 2.15 bits per heavy atom. The highest BCUT2D eigenvalue weighted by Crippen LogP contribution is 2.48. The normalized spacial score (nSPS) is 23.3. The Morgan fingerprint density at radius 3 is 2.81 bits per heavy atom. The van der Waals surface area contributed by atoms with Crippen LogP contribution in [0.3, 0.4) is 0 Å². The van der Waals surface area contributed by atoms with Crippen LogP contribution in [0, 0.1) is 12.3 Å². The summed E-state index contributed by atoms with van der Waals surface area (Å²) in [6.07, 6.45) is 8.02. The monoisotopic (exact) mass is 371 g/mol. The minimum atomic E-state index is 0.183. The fraction of sp³-hybridized carbons (Fsp3) is 0.650. The minimum Gasteiger partial charge on any atom is -0.424 e. The molecule has 0 aromatic carbocycles. The molecule has 1 N–H and O–H groups in total.